The summed E-state index contributed by atoms with van der Waals surface area (Å²) in [5, 5.41) is 27.5. The molecule has 200 valence electrons. The third-order valence-corrected chi connectivity index (χ3v) is 7.47. The lowest BCUT2D eigenvalue weighted by atomic mass is 9.82. The quantitative estimate of drug-likeness (QED) is 0.259. The summed E-state index contributed by atoms with van der Waals surface area (Å²) < 4.78 is 7.50. The van der Waals surface area contributed by atoms with Crippen molar-refractivity contribution in [2.24, 2.45) is 0 Å². The third-order valence-electron chi connectivity index (χ3n) is 7.47. The number of fused-ring (bicyclic) bond motifs is 3. The second-order valence-corrected chi connectivity index (χ2v) is 9.92. The van der Waals surface area contributed by atoms with Gasteiger partial charge in [-0.15, -0.1) is 0 Å². The van der Waals surface area contributed by atoms with Crippen molar-refractivity contribution in [2.45, 2.75) is 31.8 Å². The number of rotatable bonds is 5. The molecule has 5 aromatic rings. The summed E-state index contributed by atoms with van der Waals surface area (Å²) >= 11 is 0. The monoisotopic (exact) mass is 536 g/mol. The maximum Gasteiger partial charge on any atom is 0.221 e. The lowest BCUT2D eigenvalue weighted by molar-refractivity contribution is -0.114. The van der Waals surface area contributed by atoms with E-state index in [0.29, 0.717) is 39.5 Å². The van der Waals surface area contributed by atoms with Gasteiger partial charge in [-0.1, -0.05) is 42.5 Å². The summed E-state index contributed by atoms with van der Waals surface area (Å²) in [6.45, 7) is 1.14. The van der Waals surface area contributed by atoms with Crippen molar-refractivity contribution in [3.8, 4) is 11.1 Å². The number of anilines is 3. The normalized spacial score (nSPS) is 19.7. The SMILES string of the molecule is CC(=O)Nc1c(Nc2ncnc3c2ncn3[C@H]2C[C@H](O)[C@@H](CO)O2)cc2c3c(cccc13)C(=O)c1ccccc1-2. The predicted octanol–water partition coefficient (Wildman–Crippen LogP) is 3.53. The maximum atomic E-state index is 13.4. The van der Waals surface area contributed by atoms with Gasteiger partial charge in [-0.05, 0) is 17.2 Å². The van der Waals surface area contributed by atoms with Gasteiger partial charge in [0.05, 0.1) is 30.4 Å². The van der Waals surface area contributed by atoms with Crippen LogP contribution >= 0.6 is 0 Å². The van der Waals surface area contributed by atoms with Gasteiger partial charge in [-0.2, -0.15) is 0 Å². The fourth-order valence-electron chi connectivity index (χ4n) is 5.69. The summed E-state index contributed by atoms with van der Waals surface area (Å²) in [6, 6.07) is 14.9. The first-order chi connectivity index (χ1) is 19.4. The molecule has 0 unspecified atom stereocenters. The first-order valence-corrected chi connectivity index (χ1v) is 12.8. The number of imidazole rings is 1. The Labute approximate surface area is 227 Å². The van der Waals surface area contributed by atoms with Crippen molar-refractivity contribution in [1.82, 2.24) is 19.5 Å². The van der Waals surface area contributed by atoms with E-state index >= 15 is 0 Å². The number of carbonyl (C=O) groups is 2. The van der Waals surface area contributed by atoms with E-state index in [2.05, 4.69) is 25.6 Å². The molecule has 4 N–H and O–H groups in total. The Bertz CT molecular complexity index is 1850. The molecule has 3 aromatic carbocycles. The first-order valence-electron chi connectivity index (χ1n) is 12.8. The molecule has 0 bridgehead atoms. The van der Waals surface area contributed by atoms with Crippen molar-refractivity contribution in [2.75, 3.05) is 17.2 Å². The second kappa shape index (κ2) is 9.19. The molecule has 1 fully saturated rings. The predicted molar refractivity (Wildman–Crippen MR) is 147 cm³/mol. The molecule has 2 aliphatic rings. The molecule has 40 heavy (non-hydrogen) atoms. The average molecular weight is 537 g/mol. The minimum Gasteiger partial charge on any atom is -0.394 e. The van der Waals surface area contributed by atoms with Crippen LogP contribution < -0.4 is 10.6 Å². The highest BCUT2D eigenvalue weighted by Crippen LogP contribution is 2.46. The highest BCUT2D eigenvalue weighted by Gasteiger charge is 2.35. The molecule has 3 heterocycles. The minimum absolute atomic E-state index is 0.0612. The molecule has 1 aliphatic carbocycles. The van der Waals surface area contributed by atoms with Crippen LogP contribution in [0.3, 0.4) is 0 Å². The zero-order valence-corrected chi connectivity index (χ0v) is 21.3. The Balaban J connectivity index is 1.39. The number of amides is 1. The number of aliphatic hydroxyl groups excluding tert-OH is 2. The highest BCUT2D eigenvalue weighted by molar-refractivity contribution is 6.28. The number of ketones is 1. The summed E-state index contributed by atoms with van der Waals surface area (Å²) in [6.07, 6.45) is 1.21. The van der Waals surface area contributed by atoms with E-state index in [0.717, 1.165) is 21.9 Å². The Morgan fingerprint density at radius 2 is 1.88 bits per heavy atom. The van der Waals surface area contributed by atoms with Gasteiger partial charge in [0.2, 0.25) is 5.91 Å². The van der Waals surface area contributed by atoms with Crippen LogP contribution in [0.1, 0.15) is 35.5 Å². The number of benzene rings is 3. The van der Waals surface area contributed by atoms with E-state index in [4.69, 9.17) is 4.74 Å². The molecule has 0 radical (unpaired) electrons. The molecule has 0 spiro atoms. The number of aliphatic hydroxyl groups is 2. The Morgan fingerprint density at radius 1 is 1.07 bits per heavy atom. The van der Waals surface area contributed by atoms with Gasteiger partial charge in [0.25, 0.3) is 0 Å². The van der Waals surface area contributed by atoms with E-state index in [9.17, 15) is 19.8 Å². The van der Waals surface area contributed by atoms with Crippen molar-refractivity contribution in [3.05, 3.63) is 72.3 Å². The van der Waals surface area contributed by atoms with Gasteiger partial charge in [0, 0.05) is 35.2 Å². The van der Waals surface area contributed by atoms with E-state index in [1.165, 1.54) is 13.3 Å². The molecule has 2 aromatic heterocycles. The Hall–Kier alpha value is -4.71. The molecule has 1 amide bonds. The maximum absolute atomic E-state index is 13.4. The van der Waals surface area contributed by atoms with Gasteiger partial charge in [0.15, 0.2) is 22.8 Å². The third kappa shape index (κ3) is 3.67. The number of hydrogen-bond donors (Lipinski definition) is 4. The molecule has 0 saturated carbocycles. The van der Waals surface area contributed by atoms with Crippen LogP contribution in [0.25, 0.3) is 33.1 Å². The van der Waals surface area contributed by atoms with Gasteiger partial charge >= 0.3 is 0 Å². The molecular formula is C29H24N6O5. The van der Waals surface area contributed by atoms with E-state index in [-0.39, 0.29) is 24.7 Å². The van der Waals surface area contributed by atoms with Crippen molar-refractivity contribution in [1.29, 1.82) is 0 Å². The van der Waals surface area contributed by atoms with Gasteiger partial charge < -0.3 is 25.6 Å². The molecule has 7 rings (SSSR count). The largest absolute Gasteiger partial charge is 0.394 e. The van der Waals surface area contributed by atoms with E-state index in [1.807, 2.05) is 42.5 Å². The Kier molecular flexibility index (Phi) is 5.59. The number of hydrogen-bond acceptors (Lipinski definition) is 9. The van der Waals surface area contributed by atoms with Gasteiger partial charge in [-0.25, -0.2) is 15.0 Å². The van der Waals surface area contributed by atoms with Crippen LogP contribution in [0.15, 0.2) is 61.2 Å². The lowest BCUT2D eigenvalue weighted by Crippen LogP contribution is -2.24. The summed E-state index contributed by atoms with van der Waals surface area (Å²) in [5.41, 5.74) is 4.88. The standard InChI is InChI=1S/C29H24N6O5/c1-14(37)33-25-17-7-4-8-18-24(17)19(15-5-2-3-6-16(15)27(18)39)9-20(25)34-28-26-29(31-12-30-28)35(13-32-26)23-10-21(38)22(11-36)40-23/h2-9,12-13,21-23,36,38H,10-11H2,1H3,(H,33,37)(H,30,31,34)/t21-,22+,23+/m0/s1. The van der Waals surface area contributed by atoms with E-state index in [1.54, 1.807) is 17.0 Å². The fourth-order valence-corrected chi connectivity index (χ4v) is 5.69. The summed E-state index contributed by atoms with van der Waals surface area (Å²) in [5.74, 6) is 0.0724. The molecule has 11 nitrogen and oxygen atoms in total. The highest BCUT2D eigenvalue weighted by atomic mass is 16.5. The fraction of sp³-hybridized carbons (Fsp3) is 0.207. The van der Waals surface area contributed by atoms with Crippen LogP contribution in [-0.4, -0.2) is 60.2 Å². The molecule has 11 heteroatoms. The zero-order chi connectivity index (χ0) is 27.5. The topological polar surface area (TPSA) is 151 Å². The summed E-state index contributed by atoms with van der Waals surface area (Å²) in [7, 11) is 0. The number of carbonyl (C=O) groups excluding carboxylic acids is 2. The second-order valence-electron chi connectivity index (χ2n) is 9.92. The number of nitrogens with one attached hydrogen (secondary N) is 2. The lowest BCUT2D eigenvalue weighted by Gasteiger charge is -2.24. The molecular weight excluding hydrogens is 512 g/mol. The van der Waals surface area contributed by atoms with Crippen LogP contribution in [0.5, 0.6) is 0 Å². The smallest absolute Gasteiger partial charge is 0.221 e. The van der Waals surface area contributed by atoms with Crippen LogP contribution in [0.2, 0.25) is 0 Å². The molecule has 3 atom stereocenters. The summed E-state index contributed by atoms with van der Waals surface area (Å²) in [4.78, 5) is 39.0. The van der Waals surface area contributed by atoms with Crippen molar-refractivity contribution >= 4 is 50.8 Å². The molecule has 1 saturated heterocycles. The number of nitrogens with zero attached hydrogens (tertiary/aromatic N) is 4. The van der Waals surface area contributed by atoms with Gasteiger partial charge in [-0.3, -0.25) is 14.2 Å². The first kappa shape index (κ1) is 24.3. The minimum atomic E-state index is -0.804. The van der Waals surface area contributed by atoms with Crippen LogP contribution in [0, 0.1) is 0 Å². The number of aromatic nitrogens is 4. The molecule has 1 aliphatic heterocycles. The average Bonchev–Trinajstić information content (AvgIpc) is 3.56. The Morgan fingerprint density at radius 3 is 2.65 bits per heavy atom. The van der Waals surface area contributed by atoms with Crippen molar-refractivity contribution < 1.29 is 24.5 Å². The van der Waals surface area contributed by atoms with Crippen LogP contribution in [-0.2, 0) is 9.53 Å². The zero-order valence-electron chi connectivity index (χ0n) is 21.3. The van der Waals surface area contributed by atoms with E-state index < -0.39 is 18.4 Å². The number of ether oxygens (including phenoxy) is 1. The van der Waals surface area contributed by atoms with Gasteiger partial charge in [0.1, 0.15) is 18.7 Å². The van der Waals surface area contributed by atoms with Crippen LogP contribution in [0.4, 0.5) is 17.2 Å². The van der Waals surface area contributed by atoms with Crippen molar-refractivity contribution in [3.63, 3.8) is 0 Å².